The van der Waals surface area contributed by atoms with Crippen LogP contribution in [0.1, 0.15) is 63.1 Å². The molecule has 0 spiro atoms. The summed E-state index contributed by atoms with van der Waals surface area (Å²) in [6.07, 6.45) is 4.96. The molecule has 35 heavy (non-hydrogen) atoms. The topological polar surface area (TPSA) is 60.9 Å². The van der Waals surface area contributed by atoms with Gasteiger partial charge in [-0.2, -0.15) is 0 Å². The second-order valence-corrected chi connectivity index (χ2v) is 8.92. The Bertz CT molecular complexity index is 1040. The predicted octanol–water partition coefficient (Wildman–Crippen LogP) is 5.68. The number of Topliss-reactive ketones (excluding diaryl/α,β-unsaturated/α-hetero) is 1. The van der Waals surface area contributed by atoms with Gasteiger partial charge in [0, 0.05) is 17.7 Å². The Hall–Kier alpha value is -3.06. The van der Waals surface area contributed by atoms with E-state index >= 15 is 0 Å². The van der Waals surface area contributed by atoms with Gasteiger partial charge in [-0.25, -0.2) is 8.78 Å². The molecule has 188 valence electrons. The van der Waals surface area contributed by atoms with Crippen molar-refractivity contribution in [2.45, 2.75) is 52.0 Å². The first-order chi connectivity index (χ1) is 16.9. The zero-order valence-corrected chi connectivity index (χ0v) is 20.5. The maximum absolute atomic E-state index is 14.9. The van der Waals surface area contributed by atoms with E-state index in [2.05, 4.69) is 18.7 Å². The Morgan fingerprint density at radius 3 is 2.11 bits per heavy atom. The summed E-state index contributed by atoms with van der Waals surface area (Å²) in [4.78, 5) is 29.8. The Morgan fingerprint density at radius 2 is 1.51 bits per heavy atom. The summed E-state index contributed by atoms with van der Waals surface area (Å²) >= 11 is 0. The molecule has 2 aromatic carbocycles. The molecule has 1 N–H and O–H groups in total. The quantitative estimate of drug-likeness (QED) is 0.239. The molecule has 1 fully saturated rings. The van der Waals surface area contributed by atoms with Gasteiger partial charge in [0.1, 0.15) is 17.4 Å². The number of hydrogen-bond donors (Lipinski definition) is 1. The number of ketones is 1. The fourth-order valence-electron chi connectivity index (χ4n) is 4.46. The van der Waals surface area contributed by atoms with Crippen LogP contribution in [0.3, 0.4) is 0 Å². The molecule has 0 bridgehead atoms. The summed E-state index contributed by atoms with van der Waals surface area (Å²) in [6.45, 7) is 7.23. The zero-order chi connectivity index (χ0) is 25.4. The lowest BCUT2D eigenvalue weighted by molar-refractivity contribution is -0.140. The van der Waals surface area contributed by atoms with Gasteiger partial charge in [-0.05, 0) is 69.2 Å². The van der Waals surface area contributed by atoms with Crippen LogP contribution in [0.25, 0.3) is 5.76 Å². The Balaban J connectivity index is 1.92. The highest BCUT2D eigenvalue weighted by Gasteiger charge is 2.46. The minimum absolute atomic E-state index is 0.143. The Morgan fingerprint density at radius 1 is 0.914 bits per heavy atom. The average molecular weight is 485 g/mol. The smallest absolute Gasteiger partial charge is 0.295 e. The minimum Gasteiger partial charge on any atom is -0.507 e. The van der Waals surface area contributed by atoms with Crippen LogP contribution in [0.15, 0.2) is 54.1 Å². The summed E-state index contributed by atoms with van der Waals surface area (Å²) in [7, 11) is 0. The number of aliphatic hydroxyl groups excluding tert-OH is 1. The molecule has 1 aliphatic rings. The normalized spacial score (nSPS) is 17.5. The molecule has 5 nitrogen and oxygen atoms in total. The Labute approximate surface area is 206 Å². The summed E-state index contributed by atoms with van der Waals surface area (Å²) in [5.41, 5.74) is 0.153. The van der Waals surface area contributed by atoms with E-state index in [1.54, 1.807) is 6.07 Å². The largest absolute Gasteiger partial charge is 0.507 e. The molecule has 0 aromatic heterocycles. The third-order valence-electron chi connectivity index (χ3n) is 6.39. The van der Waals surface area contributed by atoms with Crippen molar-refractivity contribution < 1.29 is 23.5 Å². The number of carbonyl (C=O) groups excluding carboxylic acids is 2. The second-order valence-electron chi connectivity index (χ2n) is 8.92. The van der Waals surface area contributed by atoms with E-state index in [0.29, 0.717) is 6.42 Å². The number of benzene rings is 2. The predicted molar refractivity (Wildman–Crippen MR) is 133 cm³/mol. The molecule has 1 heterocycles. The highest BCUT2D eigenvalue weighted by Crippen LogP contribution is 2.40. The van der Waals surface area contributed by atoms with Crippen LogP contribution in [0.2, 0.25) is 0 Å². The van der Waals surface area contributed by atoms with Gasteiger partial charge in [-0.3, -0.25) is 9.59 Å². The average Bonchev–Trinajstić information content (AvgIpc) is 3.10. The van der Waals surface area contributed by atoms with Crippen LogP contribution in [-0.2, 0) is 9.59 Å². The molecule has 1 aliphatic heterocycles. The first-order valence-electron chi connectivity index (χ1n) is 12.4. The maximum atomic E-state index is 14.9. The zero-order valence-electron chi connectivity index (χ0n) is 20.5. The second kappa shape index (κ2) is 12.6. The third-order valence-corrected chi connectivity index (χ3v) is 6.39. The molecule has 0 unspecified atom stereocenters. The van der Waals surface area contributed by atoms with E-state index in [4.69, 9.17) is 0 Å². The van der Waals surface area contributed by atoms with E-state index in [0.717, 1.165) is 57.5 Å². The van der Waals surface area contributed by atoms with Crippen LogP contribution in [0.5, 0.6) is 0 Å². The number of halogens is 2. The number of likely N-dealkylation sites (tertiary alicyclic amines) is 1. The first-order valence-corrected chi connectivity index (χ1v) is 12.4. The van der Waals surface area contributed by atoms with E-state index < -0.39 is 35.1 Å². The van der Waals surface area contributed by atoms with E-state index in [9.17, 15) is 23.5 Å². The van der Waals surface area contributed by atoms with Crippen LogP contribution in [0.4, 0.5) is 8.78 Å². The number of nitrogens with zero attached hydrogens (tertiary/aromatic N) is 2. The van der Waals surface area contributed by atoms with Crippen molar-refractivity contribution >= 4 is 17.4 Å². The summed E-state index contributed by atoms with van der Waals surface area (Å²) in [6, 6.07) is 9.87. The summed E-state index contributed by atoms with van der Waals surface area (Å²) < 4.78 is 28.3. The fourth-order valence-corrected chi connectivity index (χ4v) is 4.46. The van der Waals surface area contributed by atoms with Crippen molar-refractivity contribution in [3.05, 3.63) is 76.9 Å². The molecule has 0 aliphatic carbocycles. The lowest BCUT2D eigenvalue weighted by atomic mass is 9.95. The highest BCUT2D eigenvalue weighted by atomic mass is 19.1. The molecule has 2 aromatic rings. The van der Waals surface area contributed by atoms with Crippen molar-refractivity contribution in [3.8, 4) is 0 Å². The highest BCUT2D eigenvalue weighted by molar-refractivity contribution is 6.46. The molecule has 1 amide bonds. The van der Waals surface area contributed by atoms with Crippen molar-refractivity contribution in [1.82, 2.24) is 9.80 Å². The van der Waals surface area contributed by atoms with Crippen molar-refractivity contribution in [3.63, 3.8) is 0 Å². The number of aliphatic hydroxyl groups is 1. The van der Waals surface area contributed by atoms with Gasteiger partial charge in [-0.15, -0.1) is 0 Å². The fraction of sp³-hybridized carbons (Fsp3) is 0.429. The standard InChI is InChI=1S/C28H34F2N2O3/c1-3-5-16-31(17-6-4-2)18-9-19-32-25(22-10-7-8-11-23(22)30)24(27(34)28(32)35)26(33)20-12-14-21(29)15-13-20/h7-8,10-15,25,33H,3-6,9,16-19H2,1-2H3/t25-/m0/s1. The number of hydrogen-bond acceptors (Lipinski definition) is 4. The number of unbranched alkanes of at least 4 members (excludes halogenated alkanes) is 2. The van der Waals surface area contributed by atoms with Gasteiger partial charge >= 0.3 is 0 Å². The molecule has 3 rings (SSSR count). The van der Waals surface area contributed by atoms with Crippen molar-refractivity contribution in [2.24, 2.45) is 0 Å². The lowest BCUT2D eigenvalue weighted by Gasteiger charge is -2.27. The van der Waals surface area contributed by atoms with E-state index in [1.807, 2.05) is 0 Å². The molecular formula is C28H34F2N2O3. The van der Waals surface area contributed by atoms with Gasteiger partial charge in [0.05, 0.1) is 11.6 Å². The summed E-state index contributed by atoms with van der Waals surface area (Å²) in [5, 5.41) is 11.0. The minimum atomic E-state index is -1.05. The summed E-state index contributed by atoms with van der Waals surface area (Å²) in [5.74, 6) is -3.14. The number of rotatable bonds is 12. The lowest BCUT2D eigenvalue weighted by Crippen LogP contribution is -2.34. The SMILES string of the molecule is CCCCN(CCCC)CCCN1C(=O)C(=O)C(=C(O)c2ccc(F)cc2)[C@@H]1c1ccccc1F. The van der Waals surface area contributed by atoms with Crippen molar-refractivity contribution in [1.29, 1.82) is 0 Å². The maximum Gasteiger partial charge on any atom is 0.295 e. The number of carbonyl (C=O) groups is 2. The van der Waals surface area contributed by atoms with E-state index in [-0.39, 0.29) is 23.2 Å². The van der Waals surface area contributed by atoms with Gasteiger partial charge in [0.15, 0.2) is 0 Å². The molecule has 1 saturated heterocycles. The van der Waals surface area contributed by atoms with Gasteiger partial charge < -0.3 is 14.9 Å². The monoisotopic (exact) mass is 484 g/mol. The number of amides is 1. The third kappa shape index (κ3) is 6.34. The molecular weight excluding hydrogens is 450 g/mol. The van der Waals surface area contributed by atoms with Gasteiger partial charge in [0.25, 0.3) is 11.7 Å². The van der Waals surface area contributed by atoms with E-state index in [1.165, 1.54) is 35.2 Å². The molecule has 7 heteroatoms. The van der Waals surface area contributed by atoms with Crippen molar-refractivity contribution in [2.75, 3.05) is 26.2 Å². The first kappa shape index (κ1) is 26.5. The molecule has 1 atom stereocenters. The van der Waals surface area contributed by atoms with Crippen LogP contribution >= 0.6 is 0 Å². The van der Waals surface area contributed by atoms with Crippen LogP contribution in [0, 0.1) is 11.6 Å². The molecule has 0 radical (unpaired) electrons. The van der Waals surface area contributed by atoms with Crippen LogP contribution < -0.4 is 0 Å². The van der Waals surface area contributed by atoms with Gasteiger partial charge in [0.2, 0.25) is 0 Å². The Kier molecular flexibility index (Phi) is 9.55. The van der Waals surface area contributed by atoms with Gasteiger partial charge in [-0.1, -0.05) is 44.9 Å². The van der Waals surface area contributed by atoms with Crippen LogP contribution in [-0.4, -0.2) is 52.8 Å². The molecule has 0 saturated carbocycles.